The lowest BCUT2D eigenvalue weighted by molar-refractivity contribution is 0.0954. The number of hydrogen-bond donors (Lipinski definition) is 2. The standard InChI is InChI=1S/C21H21ClN4O3/c1-3-11-23-20(27)17-9-4-14(22)13-19(17)24-21(28)18-10-12-26(25-18)15-5-7-16(29-2)8-6-15/h4-10,12-13H,3,11H2,1-2H3,(H,23,27)(H,24,28). The van der Waals surface area contributed by atoms with Gasteiger partial charge in [-0.05, 0) is 55.0 Å². The number of halogens is 1. The molecule has 8 heteroatoms. The maximum absolute atomic E-state index is 12.7. The summed E-state index contributed by atoms with van der Waals surface area (Å²) in [5, 5.41) is 10.2. The summed E-state index contributed by atoms with van der Waals surface area (Å²) in [5.41, 5.74) is 1.66. The van der Waals surface area contributed by atoms with Crippen LogP contribution >= 0.6 is 11.6 Å². The van der Waals surface area contributed by atoms with Gasteiger partial charge in [0.05, 0.1) is 24.0 Å². The maximum atomic E-state index is 12.7. The van der Waals surface area contributed by atoms with Gasteiger partial charge in [-0.25, -0.2) is 4.68 Å². The number of nitrogens with one attached hydrogen (secondary N) is 2. The van der Waals surface area contributed by atoms with Gasteiger partial charge in [0.25, 0.3) is 11.8 Å². The summed E-state index contributed by atoms with van der Waals surface area (Å²) in [6, 6.07) is 13.6. The van der Waals surface area contributed by atoms with Crippen molar-refractivity contribution in [1.82, 2.24) is 15.1 Å². The Morgan fingerprint density at radius 3 is 2.55 bits per heavy atom. The van der Waals surface area contributed by atoms with Crippen LogP contribution in [0, 0.1) is 0 Å². The van der Waals surface area contributed by atoms with Crippen molar-refractivity contribution >= 4 is 29.1 Å². The molecule has 0 saturated carbocycles. The molecule has 150 valence electrons. The van der Waals surface area contributed by atoms with Gasteiger partial charge >= 0.3 is 0 Å². The Bertz CT molecular complexity index is 1020. The lowest BCUT2D eigenvalue weighted by Gasteiger charge is -2.11. The minimum atomic E-state index is -0.441. The van der Waals surface area contributed by atoms with Gasteiger partial charge in [-0.2, -0.15) is 5.10 Å². The number of carbonyl (C=O) groups excluding carboxylic acids is 2. The fourth-order valence-electron chi connectivity index (χ4n) is 2.66. The normalized spacial score (nSPS) is 10.4. The van der Waals surface area contributed by atoms with Crippen molar-refractivity contribution in [2.45, 2.75) is 13.3 Å². The number of anilines is 1. The largest absolute Gasteiger partial charge is 0.497 e. The van der Waals surface area contributed by atoms with Crippen molar-refractivity contribution in [2.75, 3.05) is 19.0 Å². The van der Waals surface area contributed by atoms with E-state index in [0.717, 1.165) is 17.9 Å². The highest BCUT2D eigenvalue weighted by Gasteiger charge is 2.16. The van der Waals surface area contributed by atoms with Gasteiger partial charge in [-0.1, -0.05) is 18.5 Å². The van der Waals surface area contributed by atoms with E-state index in [4.69, 9.17) is 16.3 Å². The first-order valence-electron chi connectivity index (χ1n) is 9.11. The zero-order valence-corrected chi connectivity index (χ0v) is 16.9. The minimum Gasteiger partial charge on any atom is -0.497 e. The number of rotatable bonds is 7. The lowest BCUT2D eigenvalue weighted by atomic mass is 10.1. The summed E-state index contributed by atoms with van der Waals surface area (Å²) in [6.45, 7) is 2.51. The molecule has 1 heterocycles. The highest BCUT2D eigenvalue weighted by Crippen LogP contribution is 2.22. The number of methoxy groups -OCH3 is 1. The predicted octanol–water partition coefficient (Wildman–Crippen LogP) is 3.93. The monoisotopic (exact) mass is 412 g/mol. The van der Waals surface area contributed by atoms with Crippen molar-refractivity contribution in [1.29, 1.82) is 0 Å². The fourth-order valence-corrected chi connectivity index (χ4v) is 2.83. The van der Waals surface area contributed by atoms with Crippen LogP contribution in [0.3, 0.4) is 0 Å². The van der Waals surface area contributed by atoms with Gasteiger partial charge in [-0.15, -0.1) is 0 Å². The average molecular weight is 413 g/mol. The molecule has 0 aliphatic heterocycles. The number of ether oxygens (including phenoxy) is 1. The number of nitrogens with zero attached hydrogens (tertiary/aromatic N) is 2. The molecule has 0 atom stereocenters. The molecule has 0 unspecified atom stereocenters. The van der Waals surface area contributed by atoms with Crippen molar-refractivity contribution < 1.29 is 14.3 Å². The van der Waals surface area contributed by atoms with E-state index in [1.807, 2.05) is 31.2 Å². The van der Waals surface area contributed by atoms with Crippen molar-refractivity contribution in [2.24, 2.45) is 0 Å². The SMILES string of the molecule is CCCNC(=O)c1ccc(Cl)cc1NC(=O)c1ccn(-c2ccc(OC)cc2)n1. The Hall–Kier alpha value is -3.32. The Morgan fingerprint density at radius 1 is 1.10 bits per heavy atom. The van der Waals surface area contributed by atoms with Crippen LogP contribution < -0.4 is 15.4 Å². The highest BCUT2D eigenvalue weighted by atomic mass is 35.5. The smallest absolute Gasteiger partial charge is 0.276 e. The Labute approximate surface area is 173 Å². The molecule has 0 radical (unpaired) electrons. The molecule has 7 nitrogen and oxygen atoms in total. The molecule has 29 heavy (non-hydrogen) atoms. The third kappa shape index (κ3) is 4.94. The number of aromatic nitrogens is 2. The zero-order chi connectivity index (χ0) is 20.8. The minimum absolute atomic E-state index is 0.209. The van der Waals surface area contributed by atoms with Crippen LogP contribution in [0.25, 0.3) is 5.69 Å². The Balaban J connectivity index is 1.79. The van der Waals surface area contributed by atoms with E-state index in [0.29, 0.717) is 22.8 Å². The van der Waals surface area contributed by atoms with Crippen molar-refractivity contribution in [3.8, 4) is 11.4 Å². The molecule has 3 aromatic rings. The van der Waals surface area contributed by atoms with E-state index in [1.165, 1.54) is 0 Å². The summed E-state index contributed by atoms with van der Waals surface area (Å²) < 4.78 is 6.73. The van der Waals surface area contributed by atoms with E-state index in [-0.39, 0.29) is 11.6 Å². The first-order valence-corrected chi connectivity index (χ1v) is 9.49. The number of carbonyl (C=O) groups is 2. The van der Waals surface area contributed by atoms with Crippen LogP contribution in [-0.4, -0.2) is 35.2 Å². The molecule has 0 fully saturated rings. The van der Waals surface area contributed by atoms with Gasteiger partial charge in [0, 0.05) is 17.8 Å². The third-order valence-corrected chi connectivity index (χ3v) is 4.40. The molecule has 0 aliphatic carbocycles. The molecule has 3 rings (SSSR count). The second-order valence-electron chi connectivity index (χ2n) is 6.24. The molecule has 2 aromatic carbocycles. The van der Waals surface area contributed by atoms with Crippen LogP contribution in [0.5, 0.6) is 5.75 Å². The fraction of sp³-hybridized carbons (Fsp3) is 0.190. The van der Waals surface area contributed by atoms with E-state index in [2.05, 4.69) is 15.7 Å². The lowest BCUT2D eigenvalue weighted by Crippen LogP contribution is -2.26. The molecule has 0 bridgehead atoms. The molecule has 0 spiro atoms. The number of benzene rings is 2. The summed E-state index contributed by atoms with van der Waals surface area (Å²) in [5.74, 6) is 0.0142. The van der Waals surface area contributed by atoms with Gasteiger partial charge in [-0.3, -0.25) is 9.59 Å². The van der Waals surface area contributed by atoms with E-state index in [9.17, 15) is 9.59 Å². The first kappa shape index (κ1) is 20.4. The van der Waals surface area contributed by atoms with Crippen molar-refractivity contribution in [3.05, 3.63) is 71.0 Å². The molecular formula is C21H21ClN4O3. The predicted molar refractivity (Wildman–Crippen MR) is 112 cm³/mol. The van der Waals surface area contributed by atoms with Crippen LogP contribution in [0.4, 0.5) is 5.69 Å². The summed E-state index contributed by atoms with van der Waals surface area (Å²) >= 11 is 6.05. The van der Waals surface area contributed by atoms with Crippen LogP contribution in [0.15, 0.2) is 54.7 Å². The van der Waals surface area contributed by atoms with Gasteiger partial charge in [0.2, 0.25) is 0 Å². The highest BCUT2D eigenvalue weighted by molar-refractivity contribution is 6.31. The van der Waals surface area contributed by atoms with Gasteiger partial charge < -0.3 is 15.4 Å². The summed E-state index contributed by atoms with van der Waals surface area (Å²) in [6.07, 6.45) is 2.49. The van der Waals surface area contributed by atoms with E-state index in [1.54, 1.807) is 42.3 Å². The van der Waals surface area contributed by atoms with Crippen molar-refractivity contribution in [3.63, 3.8) is 0 Å². The third-order valence-electron chi connectivity index (χ3n) is 4.17. The topological polar surface area (TPSA) is 85.2 Å². The van der Waals surface area contributed by atoms with Crippen LogP contribution in [0.2, 0.25) is 5.02 Å². The molecule has 0 saturated heterocycles. The second-order valence-corrected chi connectivity index (χ2v) is 6.68. The molecular weight excluding hydrogens is 392 g/mol. The quantitative estimate of drug-likeness (QED) is 0.615. The first-order chi connectivity index (χ1) is 14.0. The van der Waals surface area contributed by atoms with E-state index >= 15 is 0 Å². The van der Waals surface area contributed by atoms with Crippen LogP contribution in [-0.2, 0) is 0 Å². The molecule has 2 N–H and O–H groups in total. The Morgan fingerprint density at radius 2 is 1.86 bits per heavy atom. The van der Waals surface area contributed by atoms with Gasteiger partial charge in [0.1, 0.15) is 5.75 Å². The average Bonchev–Trinajstić information content (AvgIpc) is 3.22. The summed E-state index contributed by atoms with van der Waals surface area (Å²) in [4.78, 5) is 25.0. The summed E-state index contributed by atoms with van der Waals surface area (Å²) in [7, 11) is 1.60. The molecule has 0 aliphatic rings. The zero-order valence-electron chi connectivity index (χ0n) is 16.1. The number of amides is 2. The number of hydrogen-bond acceptors (Lipinski definition) is 4. The Kier molecular flexibility index (Phi) is 6.51. The van der Waals surface area contributed by atoms with E-state index < -0.39 is 5.91 Å². The maximum Gasteiger partial charge on any atom is 0.276 e. The van der Waals surface area contributed by atoms with Gasteiger partial charge in [0.15, 0.2) is 5.69 Å². The molecule has 2 amide bonds. The molecule has 1 aromatic heterocycles. The van der Waals surface area contributed by atoms with Crippen LogP contribution in [0.1, 0.15) is 34.2 Å². The second kappa shape index (κ2) is 9.25.